The Morgan fingerprint density at radius 1 is 1.21 bits per heavy atom. The molecule has 0 amide bonds. The molecule has 2 atom stereocenters. The smallest absolute Gasteiger partial charge is 0.320 e. The molecule has 0 radical (unpaired) electrons. The molecule has 0 aromatic heterocycles. The molecule has 0 aromatic carbocycles. The van der Waals surface area contributed by atoms with E-state index in [0.717, 1.165) is 12.5 Å². The number of hydrogen-bond acceptors (Lipinski definition) is 2. The molecule has 3 heteroatoms. The Kier molecular flexibility index (Phi) is 7.44. The molecule has 112 valence electrons. The van der Waals surface area contributed by atoms with Gasteiger partial charge < -0.3 is 10.4 Å². The molecule has 1 aliphatic rings. The number of aliphatic carboxylic acids is 1. The molecule has 1 rings (SSSR count). The van der Waals surface area contributed by atoms with Crippen molar-refractivity contribution in [2.45, 2.75) is 71.8 Å². The maximum absolute atomic E-state index is 11.2. The van der Waals surface area contributed by atoms with Gasteiger partial charge in [-0.1, -0.05) is 52.9 Å². The van der Waals surface area contributed by atoms with Crippen LogP contribution in [0.2, 0.25) is 0 Å². The average Bonchev–Trinajstić information content (AvgIpc) is 2.35. The molecule has 0 bridgehead atoms. The lowest BCUT2D eigenvalue weighted by Crippen LogP contribution is -2.40. The average molecular weight is 269 g/mol. The molecule has 0 aromatic rings. The lowest BCUT2D eigenvalue weighted by Gasteiger charge is -2.26. The monoisotopic (exact) mass is 269 g/mol. The van der Waals surface area contributed by atoms with E-state index in [2.05, 4.69) is 26.1 Å². The van der Waals surface area contributed by atoms with Gasteiger partial charge in [-0.05, 0) is 37.1 Å². The third-order valence-corrected chi connectivity index (χ3v) is 4.18. The Labute approximate surface area is 118 Å². The summed E-state index contributed by atoms with van der Waals surface area (Å²) in [6.45, 7) is 7.22. The van der Waals surface area contributed by atoms with E-state index in [0.29, 0.717) is 18.3 Å². The van der Waals surface area contributed by atoms with Gasteiger partial charge in [0.2, 0.25) is 0 Å². The molecule has 0 saturated heterocycles. The van der Waals surface area contributed by atoms with Crippen molar-refractivity contribution in [2.24, 2.45) is 17.8 Å². The molecule has 0 heterocycles. The molecule has 2 N–H and O–H groups in total. The first-order valence-corrected chi connectivity index (χ1v) is 7.95. The first-order chi connectivity index (χ1) is 8.99. The molecule has 0 spiro atoms. The lowest BCUT2D eigenvalue weighted by atomic mass is 9.83. The summed E-state index contributed by atoms with van der Waals surface area (Å²) in [5.41, 5.74) is 0. The van der Waals surface area contributed by atoms with E-state index < -0.39 is 5.97 Å². The number of carbonyl (C=O) groups is 1. The second kappa shape index (κ2) is 8.57. The van der Waals surface area contributed by atoms with Crippen LogP contribution >= 0.6 is 0 Å². The second-order valence-electron chi connectivity index (χ2n) is 6.77. The fraction of sp³-hybridized carbons (Fsp3) is 0.938. The fourth-order valence-corrected chi connectivity index (χ4v) is 3.16. The van der Waals surface area contributed by atoms with Crippen molar-refractivity contribution < 1.29 is 9.90 Å². The van der Waals surface area contributed by atoms with Crippen LogP contribution in [0.4, 0.5) is 0 Å². The van der Waals surface area contributed by atoms with Gasteiger partial charge in [0, 0.05) is 0 Å². The Morgan fingerprint density at radius 3 is 2.37 bits per heavy atom. The number of carboxylic acids is 1. The van der Waals surface area contributed by atoms with Crippen LogP contribution in [0.1, 0.15) is 65.7 Å². The highest BCUT2D eigenvalue weighted by atomic mass is 16.4. The molecule has 1 saturated carbocycles. The molecular weight excluding hydrogens is 238 g/mol. The summed E-state index contributed by atoms with van der Waals surface area (Å²) >= 11 is 0. The van der Waals surface area contributed by atoms with E-state index in [1.54, 1.807) is 0 Å². The zero-order valence-electron chi connectivity index (χ0n) is 12.8. The van der Waals surface area contributed by atoms with Crippen molar-refractivity contribution in [1.29, 1.82) is 0 Å². The van der Waals surface area contributed by atoms with Crippen molar-refractivity contribution >= 4 is 5.97 Å². The van der Waals surface area contributed by atoms with Crippen LogP contribution in [0, 0.1) is 17.8 Å². The Hall–Kier alpha value is -0.570. The minimum absolute atomic E-state index is 0.381. The van der Waals surface area contributed by atoms with Crippen LogP contribution in [-0.2, 0) is 4.79 Å². The van der Waals surface area contributed by atoms with Crippen molar-refractivity contribution in [3.63, 3.8) is 0 Å². The summed E-state index contributed by atoms with van der Waals surface area (Å²) in [5, 5.41) is 12.4. The van der Waals surface area contributed by atoms with Crippen LogP contribution < -0.4 is 5.32 Å². The van der Waals surface area contributed by atoms with E-state index in [4.69, 9.17) is 0 Å². The summed E-state index contributed by atoms with van der Waals surface area (Å²) in [4.78, 5) is 11.2. The van der Waals surface area contributed by atoms with E-state index in [-0.39, 0.29) is 6.04 Å². The minimum atomic E-state index is -0.710. The summed E-state index contributed by atoms with van der Waals surface area (Å²) < 4.78 is 0. The normalized spacial score (nSPS) is 20.4. The summed E-state index contributed by atoms with van der Waals surface area (Å²) in [5.74, 6) is 1.16. The predicted molar refractivity (Wildman–Crippen MR) is 79.2 cm³/mol. The van der Waals surface area contributed by atoms with Gasteiger partial charge in [-0.2, -0.15) is 0 Å². The summed E-state index contributed by atoms with van der Waals surface area (Å²) in [6.07, 6.45) is 8.88. The van der Waals surface area contributed by atoms with Gasteiger partial charge in [0.05, 0.1) is 0 Å². The fourth-order valence-electron chi connectivity index (χ4n) is 3.16. The maximum Gasteiger partial charge on any atom is 0.320 e. The molecule has 1 unspecified atom stereocenters. The van der Waals surface area contributed by atoms with E-state index in [1.807, 2.05) is 0 Å². The van der Waals surface area contributed by atoms with Gasteiger partial charge in [-0.3, -0.25) is 4.79 Å². The van der Waals surface area contributed by atoms with Gasteiger partial charge in [-0.15, -0.1) is 0 Å². The SMILES string of the molecule is CC(C)C[C@@H](NCC(C)CC1CCCCC1)C(=O)O. The van der Waals surface area contributed by atoms with Crippen LogP contribution in [-0.4, -0.2) is 23.7 Å². The van der Waals surface area contributed by atoms with Gasteiger partial charge in [0.25, 0.3) is 0 Å². The quantitative estimate of drug-likeness (QED) is 0.706. The van der Waals surface area contributed by atoms with Crippen LogP contribution in [0.25, 0.3) is 0 Å². The van der Waals surface area contributed by atoms with Crippen LogP contribution in [0.15, 0.2) is 0 Å². The Bertz CT molecular complexity index is 259. The Balaban J connectivity index is 2.26. The maximum atomic E-state index is 11.2. The molecule has 3 nitrogen and oxygen atoms in total. The zero-order chi connectivity index (χ0) is 14.3. The third kappa shape index (κ3) is 6.95. The number of rotatable bonds is 8. The summed E-state index contributed by atoms with van der Waals surface area (Å²) in [7, 11) is 0. The van der Waals surface area contributed by atoms with E-state index in [9.17, 15) is 9.90 Å². The second-order valence-corrected chi connectivity index (χ2v) is 6.77. The topological polar surface area (TPSA) is 49.3 Å². The molecule has 1 fully saturated rings. The Morgan fingerprint density at radius 2 is 1.84 bits per heavy atom. The van der Waals surface area contributed by atoms with Crippen LogP contribution in [0.5, 0.6) is 0 Å². The highest BCUT2D eigenvalue weighted by Crippen LogP contribution is 2.28. The highest BCUT2D eigenvalue weighted by molar-refractivity contribution is 5.73. The largest absolute Gasteiger partial charge is 0.480 e. The van der Waals surface area contributed by atoms with Gasteiger partial charge in [0.15, 0.2) is 0 Å². The van der Waals surface area contributed by atoms with Crippen molar-refractivity contribution in [2.75, 3.05) is 6.54 Å². The van der Waals surface area contributed by atoms with Crippen molar-refractivity contribution in [3.05, 3.63) is 0 Å². The zero-order valence-corrected chi connectivity index (χ0v) is 12.8. The van der Waals surface area contributed by atoms with Gasteiger partial charge in [-0.25, -0.2) is 0 Å². The molecule has 1 aliphatic carbocycles. The molecule has 0 aliphatic heterocycles. The van der Waals surface area contributed by atoms with E-state index >= 15 is 0 Å². The van der Waals surface area contributed by atoms with Crippen LogP contribution in [0.3, 0.4) is 0 Å². The van der Waals surface area contributed by atoms with Crippen molar-refractivity contribution in [3.8, 4) is 0 Å². The highest BCUT2D eigenvalue weighted by Gasteiger charge is 2.21. The molecule has 19 heavy (non-hydrogen) atoms. The standard InChI is InChI=1S/C16H31NO2/c1-12(2)9-15(16(18)19)17-11-13(3)10-14-7-5-4-6-8-14/h12-15,17H,4-11H2,1-3H3,(H,18,19)/t13?,15-/m1/s1. The number of nitrogens with one attached hydrogen (secondary N) is 1. The van der Waals surface area contributed by atoms with Gasteiger partial charge in [0.1, 0.15) is 6.04 Å². The number of carboxylic acid groups (broad SMARTS) is 1. The lowest BCUT2D eigenvalue weighted by molar-refractivity contribution is -0.140. The van der Waals surface area contributed by atoms with E-state index in [1.165, 1.54) is 38.5 Å². The molecular formula is C16H31NO2. The minimum Gasteiger partial charge on any atom is -0.480 e. The van der Waals surface area contributed by atoms with Gasteiger partial charge >= 0.3 is 5.97 Å². The predicted octanol–water partition coefficient (Wildman–Crippen LogP) is 3.68. The summed E-state index contributed by atoms with van der Waals surface area (Å²) in [6, 6.07) is -0.381. The third-order valence-electron chi connectivity index (χ3n) is 4.18. The van der Waals surface area contributed by atoms with Crippen molar-refractivity contribution in [1.82, 2.24) is 5.32 Å². The first-order valence-electron chi connectivity index (χ1n) is 7.95. The number of hydrogen-bond donors (Lipinski definition) is 2. The first kappa shape index (κ1) is 16.5.